The van der Waals surface area contributed by atoms with Gasteiger partial charge in [0.25, 0.3) is 11.3 Å². The van der Waals surface area contributed by atoms with Crippen molar-refractivity contribution < 1.29 is 23.8 Å². The van der Waals surface area contributed by atoms with E-state index in [1.807, 2.05) is 6.92 Å². The topological polar surface area (TPSA) is 98.1 Å². The first-order chi connectivity index (χ1) is 9.90. The van der Waals surface area contributed by atoms with E-state index in [1.54, 1.807) is 24.3 Å². The average Bonchev–Trinajstić information content (AvgIpc) is 2.42. The minimum absolute atomic E-state index is 0.190. The number of aryl methyl sites for hydroxylation is 1. The maximum Gasteiger partial charge on any atom is 0.339 e. The van der Waals surface area contributed by atoms with Crippen LogP contribution in [0.15, 0.2) is 42.5 Å². The van der Waals surface area contributed by atoms with Crippen molar-refractivity contribution in [2.24, 2.45) is 0 Å². The summed E-state index contributed by atoms with van der Waals surface area (Å²) in [7, 11) is 0. The van der Waals surface area contributed by atoms with Crippen molar-refractivity contribution in [1.29, 1.82) is 0 Å². The Labute approximate surface area is 123 Å². The van der Waals surface area contributed by atoms with Crippen molar-refractivity contribution in [2.45, 2.75) is 6.92 Å². The molecule has 7 heteroatoms. The van der Waals surface area contributed by atoms with Crippen LogP contribution in [-0.2, 0) is 11.3 Å². The van der Waals surface area contributed by atoms with Gasteiger partial charge in [-0.2, -0.15) is 0 Å². The summed E-state index contributed by atoms with van der Waals surface area (Å²) in [5, 5.41) is 18.5. The number of hydrogen-bond acceptors (Lipinski definition) is 3. The lowest BCUT2D eigenvalue weighted by atomic mass is 10.1. The second kappa shape index (κ2) is 5.94. The lowest BCUT2D eigenvalue weighted by Gasteiger charge is -2.20. The molecule has 0 aliphatic rings. The molecule has 3 N–H and O–H groups in total. The molecule has 2 aromatic carbocycles. The zero-order valence-corrected chi connectivity index (χ0v) is 11.9. The molecule has 0 aromatic heterocycles. The molecule has 0 aliphatic carbocycles. The van der Waals surface area contributed by atoms with Crippen LogP contribution in [-0.4, -0.2) is 24.9 Å². The van der Waals surface area contributed by atoms with Gasteiger partial charge in [0.05, 0.1) is 11.4 Å². The minimum Gasteiger partial charge on any atom is -0.507 e. The van der Waals surface area contributed by atoms with Gasteiger partial charge in [-0.1, -0.05) is 17.7 Å². The fourth-order valence-electron chi connectivity index (χ4n) is 1.83. The molecule has 1 unspecified atom stereocenters. The highest BCUT2D eigenvalue weighted by Gasteiger charge is 2.18. The van der Waals surface area contributed by atoms with Gasteiger partial charge in [0, 0.05) is 0 Å². The van der Waals surface area contributed by atoms with Gasteiger partial charge in [-0.3, -0.25) is 4.55 Å². The van der Waals surface area contributed by atoms with E-state index in [1.165, 1.54) is 12.1 Å². The summed E-state index contributed by atoms with van der Waals surface area (Å²) in [4.78, 5) is 11.0. The predicted octanol–water partition coefficient (Wildman–Crippen LogP) is 2.67. The number of hydrogen-bond donors (Lipinski definition) is 3. The Kier molecular flexibility index (Phi) is 4.25. The Bertz CT molecular complexity index is 699. The van der Waals surface area contributed by atoms with E-state index in [0.29, 0.717) is 5.69 Å². The maximum atomic E-state index is 11.6. The molecule has 0 amide bonds. The standard InChI is InChI=1S/C14H13NO5S/c1-9-2-4-10(5-3-9)15(21(19)20)11-6-7-13(16)12(8-11)14(17)18/h2-8,16H,1H3,(H,17,18)(H,19,20). The molecular weight excluding hydrogens is 294 g/mol. The number of anilines is 2. The Morgan fingerprint density at radius 3 is 2.19 bits per heavy atom. The van der Waals surface area contributed by atoms with Gasteiger partial charge in [0.1, 0.15) is 11.3 Å². The molecular formula is C14H13NO5S. The zero-order chi connectivity index (χ0) is 15.6. The van der Waals surface area contributed by atoms with E-state index < -0.39 is 23.0 Å². The Morgan fingerprint density at radius 2 is 1.67 bits per heavy atom. The molecule has 0 radical (unpaired) electrons. The van der Waals surface area contributed by atoms with Crippen molar-refractivity contribution in [3.63, 3.8) is 0 Å². The number of aromatic carboxylic acids is 1. The van der Waals surface area contributed by atoms with E-state index in [9.17, 15) is 18.7 Å². The maximum absolute atomic E-state index is 11.6. The molecule has 0 bridgehead atoms. The zero-order valence-electron chi connectivity index (χ0n) is 11.1. The Balaban J connectivity index is 2.53. The first-order valence-electron chi connectivity index (χ1n) is 5.94. The third-order valence-electron chi connectivity index (χ3n) is 2.87. The van der Waals surface area contributed by atoms with Gasteiger partial charge < -0.3 is 10.2 Å². The first-order valence-corrected chi connectivity index (χ1v) is 7.00. The monoisotopic (exact) mass is 307 g/mol. The summed E-state index contributed by atoms with van der Waals surface area (Å²) >= 11 is -2.38. The number of benzene rings is 2. The average molecular weight is 307 g/mol. The van der Waals surface area contributed by atoms with Crippen LogP contribution in [0.1, 0.15) is 15.9 Å². The lowest BCUT2D eigenvalue weighted by molar-refractivity contribution is 0.0693. The van der Waals surface area contributed by atoms with Crippen LogP contribution in [0.4, 0.5) is 11.4 Å². The van der Waals surface area contributed by atoms with Gasteiger partial charge >= 0.3 is 5.97 Å². The van der Waals surface area contributed by atoms with Crippen LogP contribution < -0.4 is 4.31 Å². The summed E-state index contributed by atoms with van der Waals surface area (Å²) in [5.41, 5.74) is 1.27. The Morgan fingerprint density at radius 1 is 1.10 bits per heavy atom. The SMILES string of the molecule is Cc1ccc(N(c2ccc(O)c(C(=O)O)c2)S(=O)O)cc1. The predicted molar refractivity (Wildman–Crippen MR) is 79.2 cm³/mol. The molecule has 0 saturated carbocycles. The summed E-state index contributed by atoms with van der Waals surface area (Å²) in [6.07, 6.45) is 0. The van der Waals surface area contributed by atoms with Gasteiger partial charge in [-0.25, -0.2) is 13.3 Å². The second-order valence-corrected chi connectivity index (χ2v) is 5.19. The van der Waals surface area contributed by atoms with Crippen molar-refractivity contribution in [1.82, 2.24) is 0 Å². The number of phenols is 1. The quantitative estimate of drug-likeness (QED) is 0.754. The number of carboxylic acid groups (broad SMARTS) is 1. The van der Waals surface area contributed by atoms with E-state index in [4.69, 9.17) is 5.11 Å². The van der Waals surface area contributed by atoms with Gasteiger partial charge in [-0.15, -0.1) is 0 Å². The van der Waals surface area contributed by atoms with Crippen LogP contribution in [0.25, 0.3) is 0 Å². The fraction of sp³-hybridized carbons (Fsp3) is 0.0714. The summed E-state index contributed by atoms with van der Waals surface area (Å²) in [5.74, 6) is -1.72. The van der Waals surface area contributed by atoms with Crippen molar-refractivity contribution >= 4 is 28.6 Å². The third-order valence-corrected chi connectivity index (χ3v) is 3.60. The highest BCUT2D eigenvalue weighted by molar-refractivity contribution is 7.81. The Hall–Kier alpha value is -2.38. The molecule has 0 saturated heterocycles. The summed E-state index contributed by atoms with van der Waals surface area (Å²) < 4.78 is 22.1. The number of carboxylic acids is 1. The number of nitrogens with zero attached hydrogens (tertiary/aromatic N) is 1. The minimum atomic E-state index is -2.38. The summed E-state index contributed by atoms with van der Waals surface area (Å²) in [6, 6.07) is 10.5. The summed E-state index contributed by atoms with van der Waals surface area (Å²) in [6.45, 7) is 1.88. The molecule has 6 nitrogen and oxygen atoms in total. The number of carbonyl (C=O) groups is 1. The fourth-order valence-corrected chi connectivity index (χ4v) is 2.43. The molecule has 21 heavy (non-hydrogen) atoms. The molecule has 2 rings (SSSR count). The van der Waals surface area contributed by atoms with Crippen LogP contribution in [0.2, 0.25) is 0 Å². The molecule has 1 atom stereocenters. The largest absolute Gasteiger partial charge is 0.507 e. The number of aromatic hydroxyl groups is 1. The smallest absolute Gasteiger partial charge is 0.339 e. The van der Waals surface area contributed by atoms with Gasteiger partial charge in [0.15, 0.2) is 0 Å². The molecule has 0 fully saturated rings. The normalized spacial score (nSPS) is 11.9. The van der Waals surface area contributed by atoms with Gasteiger partial charge in [0.2, 0.25) is 0 Å². The number of rotatable bonds is 4. The van der Waals surface area contributed by atoms with E-state index in [2.05, 4.69) is 0 Å². The van der Waals surface area contributed by atoms with Crippen molar-refractivity contribution in [3.8, 4) is 5.75 Å². The van der Waals surface area contributed by atoms with Crippen molar-refractivity contribution in [3.05, 3.63) is 53.6 Å². The molecule has 0 spiro atoms. The molecule has 110 valence electrons. The molecule has 0 heterocycles. The van der Waals surface area contributed by atoms with Crippen LogP contribution in [0, 0.1) is 6.92 Å². The first kappa shape index (κ1) is 15.0. The van der Waals surface area contributed by atoms with Crippen LogP contribution >= 0.6 is 0 Å². The molecule has 2 aromatic rings. The van der Waals surface area contributed by atoms with Crippen LogP contribution in [0.5, 0.6) is 5.75 Å². The highest BCUT2D eigenvalue weighted by Crippen LogP contribution is 2.30. The highest BCUT2D eigenvalue weighted by atomic mass is 32.2. The van der Waals surface area contributed by atoms with E-state index >= 15 is 0 Å². The van der Waals surface area contributed by atoms with E-state index in [-0.39, 0.29) is 11.3 Å². The molecule has 0 aliphatic heterocycles. The van der Waals surface area contributed by atoms with Crippen molar-refractivity contribution in [2.75, 3.05) is 4.31 Å². The van der Waals surface area contributed by atoms with Gasteiger partial charge in [-0.05, 0) is 37.3 Å². The lowest BCUT2D eigenvalue weighted by Crippen LogP contribution is -2.19. The van der Waals surface area contributed by atoms with E-state index in [0.717, 1.165) is 15.9 Å². The van der Waals surface area contributed by atoms with Crippen LogP contribution in [0.3, 0.4) is 0 Å². The second-order valence-electron chi connectivity index (χ2n) is 4.37. The third kappa shape index (κ3) is 3.21.